The third-order valence-electron chi connectivity index (χ3n) is 2.63. The number of carbonyl (C=O) groups is 2. The Labute approximate surface area is 105 Å². The van der Waals surface area contributed by atoms with Crippen molar-refractivity contribution in [1.82, 2.24) is 0 Å². The highest BCUT2D eigenvalue weighted by atomic mass is 16.5. The lowest BCUT2D eigenvalue weighted by molar-refractivity contribution is -0.145. The molecule has 0 heterocycles. The Morgan fingerprint density at radius 2 is 2.17 bits per heavy atom. The standard InChI is InChI=1S/C13H13NO4/c1-8(15)11(13(16)17)6-10-4-3-9(7-14)5-12(10)18-2/h3-5,11H,6H2,1-2H3,(H,16,17). The molecule has 0 spiro atoms. The van der Waals surface area contributed by atoms with E-state index in [9.17, 15) is 9.59 Å². The van der Waals surface area contributed by atoms with Crippen LogP contribution in [-0.2, 0) is 16.0 Å². The van der Waals surface area contributed by atoms with Crippen LogP contribution >= 0.6 is 0 Å². The first-order valence-electron chi connectivity index (χ1n) is 5.30. The molecule has 1 unspecified atom stereocenters. The molecule has 0 aliphatic rings. The molecule has 0 saturated heterocycles. The average molecular weight is 247 g/mol. The number of rotatable bonds is 5. The molecule has 0 radical (unpaired) electrons. The third kappa shape index (κ3) is 3.08. The van der Waals surface area contributed by atoms with E-state index in [0.717, 1.165) is 0 Å². The van der Waals surface area contributed by atoms with E-state index in [1.165, 1.54) is 20.1 Å². The Morgan fingerprint density at radius 3 is 2.61 bits per heavy atom. The van der Waals surface area contributed by atoms with Crippen molar-refractivity contribution in [3.05, 3.63) is 29.3 Å². The number of methoxy groups -OCH3 is 1. The maximum absolute atomic E-state index is 11.2. The topological polar surface area (TPSA) is 87.4 Å². The second-order valence-corrected chi connectivity index (χ2v) is 3.84. The van der Waals surface area contributed by atoms with Crippen molar-refractivity contribution < 1.29 is 19.4 Å². The lowest BCUT2D eigenvalue weighted by Crippen LogP contribution is -2.24. The van der Waals surface area contributed by atoms with Gasteiger partial charge in [0.25, 0.3) is 0 Å². The fourth-order valence-corrected chi connectivity index (χ4v) is 1.61. The number of benzene rings is 1. The maximum atomic E-state index is 11.2. The molecule has 0 amide bonds. The summed E-state index contributed by atoms with van der Waals surface area (Å²) in [6, 6.07) is 6.66. The molecule has 5 heteroatoms. The van der Waals surface area contributed by atoms with Gasteiger partial charge in [0.15, 0.2) is 0 Å². The normalized spacial score (nSPS) is 11.4. The number of ketones is 1. The predicted octanol–water partition coefficient (Wildman–Crippen LogP) is 1.40. The summed E-state index contributed by atoms with van der Waals surface area (Å²) in [4.78, 5) is 22.2. The highest BCUT2D eigenvalue weighted by molar-refractivity contribution is 5.97. The highest BCUT2D eigenvalue weighted by Gasteiger charge is 2.24. The van der Waals surface area contributed by atoms with E-state index in [0.29, 0.717) is 16.9 Å². The first-order valence-corrected chi connectivity index (χ1v) is 5.30. The number of nitriles is 1. The zero-order chi connectivity index (χ0) is 13.7. The van der Waals surface area contributed by atoms with Gasteiger partial charge < -0.3 is 9.84 Å². The number of hydrogen-bond acceptors (Lipinski definition) is 4. The smallest absolute Gasteiger partial charge is 0.314 e. The Kier molecular flexibility index (Phi) is 4.44. The molecule has 0 aliphatic heterocycles. The van der Waals surface area contributed by atoms with Gasteiger partial charge in [-0.05, 0) is 31.0 Å². The number of hydrogen-bond donors (Lipinski definition) is 1. The summed E-state index contributed by atoms with van der Waals surface area (Å²) in [6.07, 6.45) is 0.0551. The largest absolute Gasteiger partial charge is 0.496 e. The van der Waals surface area contributed by atoms with Crippen LogP contribution in [0.1, 0.15) is 18.1 Å². The molecule has 0 bridgehead atoms. The van der Waals surface area contributed by atoms with Crippen LogP contribution in [0.15, 0.2) is 18.2 Å². The molecule has 94 valence electrons. The number of aliphatic carboxylic acids is 1. The number of ether oxygens (including phenoxy) is 1. The fraction of sp³-hybridized carbons (Fsp3) is 0.308. The third-order valence-corrected chi connectivity index (χ3v) is 2.63. The SMILES string of the molecule is COc1cc(C#N)ccc1CC(C(C)=O)C(=O)O. The summed E-state index contributed by atoms with van der Waals surface area (Å²) in [6.45, 7) is 1.24. The van der Waals surface area contributed by atoms with E-state index in [-0.39, 0.29) is 6.42 Å². The van der Waals surface area contributed by atoms with Crippen LogP contribution in [0.25, 0.3) is 0 Å². The van der Waals surface area contributed by atoms with Gasteiger partial charge in [-0.3, -0.25) is 9.59 Å². The van der Waals surface area contributed by atoms with Gasteiger partial charge >= 0.3 is 5.97 Å². The molecule has 0 fully saturated rings. The average Bonchev–Trinajstić information content (AvgIpc) is 2.34. The lowest BCUT2D eigenvalue weighted by Gasteiger charge is -2.12. The molecule has 1 aromatic rings. The van der Waals surface area contributed by atoms with Crippen LogP contribution in [0.4, 0.5) is 0 Å². The Balaban J connectivity index is 3.07. The zero-order valence-corrected chi connectivity index (χ0v) is 10.1. The number of carbonyl (C=O) groups excluding carboxylic acids is 1. The van der Waals surface area contributed by atoms with Crippen LogP contribution in [0.2, 0.25) is 0 Å². The molecule has 1 atom stereocenters. The monoisotopic (exact) mass is 247 g/mol. The van der Waals surface area contributed by atoms with Crippen LogP contribution < -0.4 is 4.74 Å². The molecule has 1 N–H and O–H groups in total. The van der Waals surface area contributed by atoms with Crippen molar-refractivity contribution in [1.29, 1.82) is 5.26 Å². The summed E-state index contributed by atoms with van der Waals surface area (Å²) in [5, 5.41) is 17.7. The second kappa shape index (κ2) is 5.82. The molecule has 0 aliphatic carbocycles. The van der Waals surface area contributed by atoms with E-state index in [4.69, 9.17) is 15.1 Å². The minimum absolute atomic E-state index is 0.0551. The highest BCUT2D eigenvalue weighted by Crippen LogP contribution is 2.23. The van der Waals surface area contributed by atoms with Gasteiger partial charge in [0.05, 0.1) is 18.7 Å². The minimum atomic E-state index is -1.16. The number of Topliss-reactive ketones (excluding diaryl/α,β-unsaturated/α-hetero) is 1. The molecule has 0 aromatic heterocycles. The summed E-state index contributed by atoms with van der Waals surface area (Å²) < 4.78 is 5.09. The summed E-state index contributed by atoms with van der Waals surface area (Å²) in [5.41, 5.74) is 1.02. The molecule has 5 nitrogen and oxygen atoms in total. The van der Waals surface area contributed by atoms with E-state index in [1.807, 2.05) is 6.07 Å². The van der Waals surface area contributed by atoms with Gasteiger partial charge in [-0.25, -0.2) is 0 Å². The van der Waals surface area contributed by atoms with E-state index < -0.39 is 17.7 Å². The van der Waals surface area contributed by atoms with Crippen molar-refractivity contribution in [2.24, 2.45) is 5.92 Å². The van der Waals surface area contributed by atoms with E-state index in [2.05, 4.69) is 0 Å². The number of carboxylic acid groups (broad SMARTS) is 1. The number of nitrogens with zero attached hydrogens (tertiary/aromatic N) is 1. The van der Waals surface area contributed by atoms with Gasteiger partial charge in [0, 0.05) is 0 Å². The molecular formula is C13H13NO4. The molecule has 0 saturated carbocycles. The maximum Gasteiger partial charge on any atom is 0.314 e. The van der Waals surface area contributed by atoms with Gasteiger partial charge in [-0.15, -0.1) is 0 Å². The summed E-state index contributed by atoms with van der Waals surface area (Å²) in [5.74, 6) is -2.24. The van der Waals surface area contributed by atoms with Gasteiger partial charge in [0.1, 0.15) is 17.5 Å². The number of carboxylic acids is 1. The Morgan fingerprint density at radius 1 is 1.50 bits per heavy atom. The summed E-state index contributed by atoms with van der Waals surface area (Å²) >= 11 is 0. The lowest BCUT2D eigenvalue weighted by atomic mass is 9.95. The Bertz CT molecular complexity index is 502. The molecule has 1 aromatic carbocycles. The predicted molar refractivity (Wildman–Crippen MR) is 63.2 cm³/mol. The first kappa shape index (κ1) is 13.7. The first-order chi connectivity index (χ1) is 8.49. The molecule has 1 rings (SSSR count). The van der Waals surface area contributed by atoms with E-state index in [1.54, 1.807) is 12.1 Å². The van der Waals surface area contributed by atoms with Gasteiger partial charge in [-0.1, -0.05) is 6.07 Å². The summed E-state index contributed by atoms with van der Waals surface area (Å²) in [7, 11) is 1.43. The van der Waals surface area contributed by atoms with Crippen molar-refractivity contribution in [3.8, 4) is 11.8 Å². The van der Waals surface area contributed by atoms with Crippen LogP contribution in [0.3, 0.4) is 0 Å². The van der Waals surface area contributed by atoms with Crippen molar-refractivity contribution in [3.63, 3.8) is 0 Å². The van der Waals surface area contributed by atoms with Crippen molar-refractivity contribution in [2.75, 3.05) is 7.11 Å². The van der Waals surface area contributed by atoms with Crippen LogP contribution in [-0.4, -0.2) is 24.0 Å². The second-order valence-electron chi connectivity index (χ2n) is 3.84. The van der Waals surface area contributed by atoms with Crippen LogP contribution in [0.5, 0.6) is 5.75 Å². The van der Waals surface area contributed by atoms with Gasteiger partial charge in [0.2, 0.25) is 0 Å². The molecule has 18 heavy (non-hydrogen) atoms. The molecular weight excluding hydrogens is 234 g/mol. The minimum Gasteiger partial charge on any atom is -0.496 e. The van der Waals surface area contributed by atoms with Crippen molar-refractivity contribution in [2.45, 2.75) is 13.3 Å². The van der Waals surface area contributed by atoms with E-state index >= 15 is 0 Å². The van der Waals surface area contributed by atoms with Crippen molar-refractivity contribution >= 4 is 11.8 Å². The van der Waals surface area contributed by atoms with Gasteiger partial charge in [-0.2, -0.15) is 5.26 Å². The Hall–Kier alpha value is -2.35. The zero-order valence-electron chi connectivity index (χ0n) is 10.1. The van der Waals surface area contributed by atoms with Crippen LogP contribution in [0, 0.1) is 17.2 Å². The fourth-order valence-electron chi connectivity index (χ4n) is 1.61. The quantitative estimate of drug-likeness (QED) is 0.794.